The highest BCUT2D eigenvalue weighted by atomic mass is 32.1. The normalized spacial score (nSPS) is 19.4. The first-order valence-corrected chi connectivity index (χ1v) is 13.1. The standard InChI is InChI=1S/C28H39N3O3S/c1-6-33-23-7-8-26-24(18-23)25(19-28(4,5)34-26)31(10-9-30-11-13-32-14-12-30)27(35)29-22-16-20(2)15-21(3)17-22/h7-8,15-18,25H,6,9-14,19H2,1-5H3,(H,29,35). The zero-order valence-electron chi connectivity index (χ0n) is 21.7. The van der Waals surface area contributed by atoms with Gasteiger partial charge >= 0.3 is 0 Å². The van der Waals surface area contributed by atoms with Crippen molar-refractivity contribution in [3.8, 4) is 11.5 Å². The molecule has 0 amide bonds. The highest BCUT2D eigenvalue weighted by molar-refractivity contribution is 7.80. The lowest BCUT2D eigenvalue weighted by atomic mass is 9.88. The Labute approximate surface area is 215 Å². The molecule has 2 aliphatic rings. The van der Waals surface area contributed by atoms with Crippen LogP contribution in [0.3, 0.4) is 0 Å². The van der Waals surface area contributed by atoms with E-state index in [0.717, 1.165) is 73.7 Å². The van der Waals surface area contributed by atoms with Crippen molar-refractivity contribution in [2.24, 2.45) is 0 Å². The van der Waals surface area contributed by atoms with Crippen LogP contribution in [-0.4, -0.2) is 66.5 Å². The van der Waals surface area contributed by atoms with Gasteiger partial charge in [-0.1, -0.05) is 6.07 Å². The highest BCUT2D eigenvalue weighted by Crippen LogP contribution is 2.44. The third-order valence-corrected chi connectivity index (χ3v) is 6.93. The van der Waals surface area contributed by atoms with Gasteiger partial charge in [-0.25, -0.2) is 0 Å². The monoisotopic (exact) mass is 497 g/mol. The van der Waals surface area contributed by atoms with E-state index < -0.39 is 0 Å². The minimum Gasteiger partial charge on any atom is -0.494 e. The largest absolute Gasteiger partial charge is 0.494 e. The van der Waals surface area contributed by atoms with E-state index in [2.05, 4.69) is 67.1 Å². The van der Waals surface area contributed by atoms with Crippen molar-refractivity contribution in [1.82, 2.24) is 9.80 Å². The van der Waals surface area contributed by atoms with Crippen LogP contribution in [-0.2, 0) is 4.74 Å². The van der Waals surface area contributed by atoms with Crippen LogP contribution in [0.25, 0.3) is 0 Å². The summed E-state index contributed by atoms with van der Waals surface area (Å²) in [7, 11) is 0. The number of morpholine rings is 1. The summed E-state index contributed by atoms with van der Waals surface area (Å²) in [6.45, 7) is 16.4. The van der Waals surface area contributed by atoms with E-state index in [1.54, 1.807) is 0 Å². The summed E-state index contributed by atoms with van der Waals surface area (Å²) in [6, 6.07) is 12.7. The number of hydrogen-bond donors (Lipinski definition) is 1. The van der Waals surface area contributed by atoms with Gasteiger partial charge in [-0.3, -0.25) is 4.90 Å². The zero-order chi connectivity index (χ0) is 25.0. The molecule has 1 fully saturated rings. The summed E-state index contributed by atoms with van der Waals surface area (Å²) in [5.41, 5.74) is 4.28. The number of fused-ring (bicyclic) bond motifs is 1. The fourth-order valence-corrected chi connectivity index (χ4v) is 5.38. The third-order valence-electron chi connectivity index (χ3n) is 6.59. The molecule has 7 heteroatoms. The van der Waals surface area contributed by atoms with Gasteiger partial charge in [-0.05, 0) is 88.3 Å². The van der Waals surface area contributed by atoms with Crippen molar-refractivity contribution in [3.05, 3.63) is 53.1 Å². The average Bonchev–Trinajstić information content (AvgIpc) is 2.79. The SMILES string of the molecule is CCOc1ccc2c(c1)C(N(CCN1CCOCC1)C(=S)Nc1cc(C)cc(C)c1)CC(C)(C)O2. The Hall–Kier alpha value is -2.35. The average molecular weight is 498 g/mol. The Morgan fingerprint density at radius 1 is 1.14 bits per heavy atom. The van der Waals surface area contributed by atoms with Gasteiger partial charge in [0.25, 0.3) is 0 Å². The molecule has 2 aliphatic heterocycles. The molecular weight excluding hydrogens is 458 g/mol. The second-order valence-corrected chi connectivity index (χ2v) is 10.6. The molecule has 0 radical (unpaired) electrons. The second kappa shape index (κ2) is 11.1. The van der Waals surface area contributed by atoms with E-state index in [-0.39, 0.29) is 11.6 Å². The molecule has 2 aromatic rings. The quantitative estimate of drug-likeness (QED) is 0.519. The van der Waals surface area contributed by atoms with Crippen molar-refractivity contribution in [3.63, 3.8) is 0 Å². The Balaban J connectivity index is 1.66. The summed E-state index contributed by atoms with van der Waals surface area (Å²) in [4.78, 5) is 4.80. The maximum absolute atomic E-state index is 6.38. The number of nitrogens with one attached hydrogen (secondary N) is 1. The molecule has 190 valence electrons. The topological polar surface area (TPSA) is 46.2 Å². The Bertz CT molecular complexity index is 1020. The molecule has 6 nitrogen and oxygen atoms in total. The molecule has 4 rings (SSSR count). The fraction of sp³-hybridized carbons (Fsp3) is 0.536. The predicted molar refractivity (Wildman–Crippen MR) is 146 cm³/mol. The first kappa shape index (κ1) is 25.7. The zero-order valence-corrected chi connectivity index (χ0v) is 22.5. The van der Waals surface area contributed by atoms with Crippen LogP contribution in [0.5, 0.6) is 11.5 Å². The van der Waals surface area contributed by atoms with Gasteiger partial charge in [0.2, 0.25) is 0 Å². The van der Waals surface area contributed by atoms with Gasteiger partial charge in [-0.15, -0.1) is 0 Å². The van der Waals surface area contributed by atoms with Crippen molar-refractivity contribution >= 4 is 23.0 Å². The van der Waals surface area contributed by atoms with Crippen molar-refractivity contribution < 1.29 is 14.2 Å². The lowest BCUT2D eigenvalue weighted by Gasteiger charge is -2.44. The minimum absolute atomic E-state index is 0.0705. The Morgan fingerprint density at radius 3 is 2.54 bits per heavy atom. The van der Waals surface area contributed by atoms with Gasteiger partial charge in [-0.2, -0.15) is 0 Å². The van der Waals surface area contributed by atoms with Gasteiger partial charge in [0.15, 0.2) is 5.11 Å². The molecule has 0 aliphatic carbocycles. The van der Waals surface area contributed by atoms with E-state index in [4.69, 9.17) is 26.4 Å². The van der Waals surface area contributed by atoms with Crippen LogP contribution in [0, 0.1) is 13.8 Å². The molecule has 1 saturated heterocycles. The molecule has 0 bridgehead atoms. The van der Waals surface area contributed by atoms with E-state index in [1.165, 1.54) is 11.1 Å². The number of ether oxygens (including phenoxy) is 3. The Kier molecular flexibility index (Phi) is 8.19. The van der Waals surface area contributed by atoms with Crippen LogP contribution in [0.15, 0.2) is 36.4 Å². The smallest absolute Gasteiger partial charge is 0.173 e. The van der Waals surface area contributed by atoms with E-state index >= 15 is 0 Å². The number of aryl methyl sites for hydroxylation is 2. The highest BCUT2D eigenvalue weighted by Gasteiger charge is 2.38. The van der Waals surface area contributed by atoms with E-state index in [9.17, 15) is 0 Å². The fourth-order valence-electron chi connectivity index (χ4n) is 5.04. The molecule has 1 atom stereocenters. The third kappa shape index (κ3) is 6.66. The maximum atomic E-state index is 6.38. The van der Waals surface area contributed by atoms with Crippen LogP contribution < -0.4 is 14.8 Å². The van der Waals surface area contributed by atoms with Crippen LogP contribution in [0.1, 0.15) is 49.9 Å². The summed E-state index contributed by atoms with van der Waals surface area (Å²) < 4.78 is 17.8. The molecule has 0 aromatic heterocycles. The van der Waals surface area contributed by atoms with Crippen molar-refractivity contribution in [2.75, 3.05) is 51.3 Å². The first-order chi connectivity index (χ1) is 16.7. The van der Waals surface area contributed by atoms with E-state index in [0.29, 0.717) is 6.61 Å². The predicted octanol–water partition coefficient (Wildman–Crippen LogP) is 5.34. The summed E-state index contributed by atoms with van der Waals surface area (Å²) >= 11 is 6.08. The summed E-state index contributed by atoms with van der Waals surface area (Å²) in [5, 5.41) is 4.28. The number of anilines is 1. The molecular formula is C28H39N3O3S. The lowest BCUT2D eigenvalue weighted by Crippen LogP contribution is -2.48. The Morgan fingerprint density at radius 2 is 1.86 bits per heavy atom. The number of hydrogen-bond acceptors (Lipinski definition) is 5. The van der Waals surface area contributed by atoms with E-state index in [1.807, 2.05) is 19.1 Å². The second-order valence-electron chi connectivity index (χ2n) is 10.2. The summed E-state index contributed by atoms with van der Waals surface area (Å²) in [5.74, 6) is 1.76. The van der Waals surface area contributed by atoms with Crippen LogP contribution in [0.4, 0.5) is 5.69 Å². The number of rotatable bonds is 7. The molecule has 0 spiro atoms. The van der Waals surface area contributed by atoms with Crippen molar-refractivity contribution in [1.29, 1.82) is 0 Å². The molecule has 2 heterocycles. The van der Waals surface area contributed by atoms with Gasteiger partial charge < -0.3 is 24.4 Å². The number of thiocarbonyl (C=S) groups is 1. The number of nitrogens with zero attached hydrogens (tertiary/aromatic N) is 2. The van der Waals surface area contributed by atoms with Crippen molar-refractivity contribution in [2.45, 2.75) is 52.7 Å². The maximum Gasteiger partial charge on any atom is 0.173 e. The van der Waals surface area contributed by atoms with Crippen LogP contribution >= 0.6 is 12.2 Å². The first-order valence-electron chi connectivity index (χ1n) is 12.7. The molecule has 1 N–H and O–H groups in total. The summed E-state index contributed by atoms with van der Waals surface area (Å²) in [6.07, 6.45) is 0.827. The molecule has 0 saturated carbocycles. The van der Waals surface area contributed by atoms with Gasteiger partial charge in [0.05, 0.1) is 25.9 Å². The lowest BCUT2D eigenvalue weighted by molar-refractivity contribution is 0.0266. The van der Waals surface area contributed by atoms with Crippen LogP contribution in [0.2, 0.25) is 0 Å². The number of benzene rings is 2. The molecule has 35 heavy (non-hydrogen) atoms. The van der Waals surface area contributed by atoms with Gasteiger partial charge in [0, 0.05) is 43.9 Å². The molecule has 1 unspecified atom stereocenters. The minimum atomic E-state index is -0.308. The van der Waals surface area contributed by atoms with Gasteiger partial charge in [0.1, 0.15) is 17.1 Å². The molecule has 2 aromatic carbocycles.